The minimum absolute atomic E-state index is 0.0892. The number of aliphatic imine (C=N–C) groups is 1. The third-order valence-corrected chi connectivity index (χ3v) is 3.24. The molecule has 106 valence electrons. The van der Waals surface area contributed by atoms with Crippen LogP contribution in [-0.4, -0.2) is 34.8 Å². The van der Waals surface area contributed by atoms with Crippen molar-refractivity contribution in [3.05, 3.63) is 42.1 Å². The fourth-order valence-corrected chi connectivity index (χ4v) is 2.22. The second kappa shape index (κ2) is 5.08. The lowest BCUT2D eigenvalue weighted by atomic mass is 10.2. The van der Waals surface area contributed by atoms with Crippen LogP contribution in [0.15, 0.2) is 47.1 Å². The van der Waals surface area contributed by atoms with E-state index >= 15 is 0 Å². The Morgan fingerprint density at radius 2 is 2.00 bits per heavy atom. The van der Waals surface area contributed by atoms with E-state index in [0.29, 0.717) is 5.69 Å². The van der Waals surface area contributed by atoms with Gasteiger partial charge in [0.2, 0.25) is 5.11 Å². The molecule has 7 nitrogen and oxygen atoms in total. The van der Waals surface area contributed by atoms with Gasteiger partial charge in [0.1, 0.15) is 11.4 Å². The zero-order chi connectivity index (χ0) is 15.0. The smallest absolute Gasteiger partial charge is 0.345 e. The highest BCUT2D eigenvalue weighted by molar-refractivity contribution is 7.80. The first kappa shape index (κ1) is 13.4. The number of amides is 1. The fourth-order valence-electron chi connectivity index (χ4n) is 1.93. The molecule has 21 heavy (non-hydrogen) atoms. The maximum absolute atomic E-state index is 12.4. The number of hydrazine groups is 1. The molecule has 2 heterocycles. The van der Waals surface area contributed by atoms with Gasteiger partial charge in [-0.25, -0.2) is 14.7 Å². The van der Waals surface area contributed by atoms with Crippen LogP contribution in [0, 0.1) is 0 Å². The number of likely N-dealkylation sites (N-methyl/N-ethyl adjacent to an activating group) is 1. The second-order valence-electron chi connectivity index (χ2n) is 4.33. The number of carbonyl (C=O) groups excluding carboxylic acids is 2. The summed E-state index contributed by atoms with van der Waals surface area (Å²) >= 11 is 5.12. The Balaban J connectivity index is 1.92. The quantitative estimate of drug-likeness (QED) is 0.635. The van der Waals surface area contributed by atoms with Gasteiger partial charge in [0.15, 0.2) is 0 Å². The number of nitrogens with zero attached hydrogens (tertiary/aromatic N) is 3. The molecule has 0 atom stereocenters. The normalized spacial score (nSPS) is 20.3. The summed E-state index contributed by atoms with van der Waals surface area (Å²) < 4.78 is 0. The molecule has 0 saturated carbocycles. The van der Waals surface area contributed by atoms with Gasteiger partial charge in [-0.15, -0.1) is 0 Å². The molecule has 1 saturated heterocycles. The number of thiocarbonyl (C=S) groups is 1. The molecule has 1 fully saturated rings. The zero-order valence-corrected chi connectivity index (χ0v) is 11.8. The van der Waals surface area contributed by atoms with Crippen molar-refractivity contribution in [3.8, 4) is 0 Å². The van der Waals surface area contributed by atoms with Crippen LogP contribution in [0.1, 0.15) is 0 Å². The summed E-state index contributed by atoms with van der Waals surface area (Å²) in [6.45, 7) is 0. The molecular weight excluding hydrogens is 292 g/mol. The van der Waals surface area contributed by atoms with Crippen LogP contribution < -0.4 is 10.5 Å². The number of benzene rings is 1. The van der Waals surface area contributed by atoms with Gasteiger partial charge >= 0.3 is 5.97 Å². The maximum Gasteiger partial charge on any atom is 0.376 e. The van der Waals surface area contributed by atoms with E-state index in [-0.39, 0.29) is 22.4 Å². The Hall–Kier alpha value is -2.58. The standard InChI is InChI=1S/C13H10N4O3S/c1-16-10(12(19)20-15-16)7-9-11(18)17(13(21)14-9)8-5-3-2-4-6-8/h2-7,15H,1H3. The van der Waals surface area contributed by atoms with Crippen LogP contribution in [-0.2, 0) is 14.4 Å². The molecule has 1 aromatic carbocycles. The highest BCUT2D eigenvalue weighted by Crippen LogP contribution is 2.21. The van der Waals surface area contributed by atoms with Crippen LogP contribution in [0.4, 0.5) is 5.69 Å². The number of hydrogen-bond donors (Lipinski definition) is 1. The monoisotopic (exact) mass is 302 g/mol. The minimum Gasteiger partial charge on any atom is -0.345 e. The maximum atomic E-state index is 12.4. The molecule has 0 aliphatic carbocycles. The molecule has 2 aliphatic heterocycles. The number of rotatable bonds is 2. The van der Waals surface area contributed by atoms with Crippen molar-refractivity contribution in [2.75, 3.05) is 11.9 Å². The Bertz CT molecular complexity index is 699. The third kappa shape index (κ3) is 2.30. The summed E-state index contributed by atoms with van der Waals surface area (Å²) in [5.74, 6) is -0.969. The van der Waals surface area contributed by atoms with Gasteiger partial charge in [-0.2, -0.15) is 0 Å². The summed E-state index contributed by atoms with van der Waals surface area (Å²) in [6.07, 6.45) is 1.35. The number of anilines is 1. The van der Waals surface area contributed by atoms with E-state index in [0.717, 1.165) is 0 Å². The first-order valence-corrected chi connectivity index (χ1v) is 6.43. The molecule has 0 spiro atoms. The Morgan fingerprint density at radius 1 is 1.29 bits per heavy atom. The average molecular weight is 302 g/mol. The van der Waals surface area contributed by atoms with Crippen molar-refractivity contribution < 1.29 is 14.4 Å². The second-order valence-corrected chi connectivity index (χ2v) is 4.69. The van der Waals surface area contributed by atoms with Crippen molar-refractivity contribution in [2.24, 2.45) is 4.99 Å². The van der Waals surface area contributed by atoms with E-state index in [1.54, 1.807) is 31.3 Å². The summed E-state index contributed by atoms with van der Waals surface area (Å²) in [4.78, 5) is 33.9. The largest absolute Gasteiger partial charge is 0.376 e. The molecule has 8 heteroatoms. The van der Waals surface area contributed by atoms with E-state index in [4.69, 9.17) is 12.2 Å². The van der Waals surface area contributed by atoms with Crippen LogP contribution in [0.25, 0.3) is 0 Å². The number of carbonyl (C=O) groups is 2. The molecule has 0 radical (unpaired) electrons. The van der Waals surface area contributed by atoms with Crippen LogP contribution in [0.2, 0.25) is 0 Å². The molecule has 1 aromatic rings. The van der Waals surface area contributed by atoms with Gasteiger partial charge in [0, 0.05) is 13.1 Å². The molecule has 3 rings (SSSR count). The van der Waals surface area contributed by atoms with Crippen LogP contribution in [0.5, 0.6) is 0 Å². The number of nitrogens with one attached hydrogen (secondary N) is 1. The topological polar surface area (TPSA) is 74.2 Å². The van der Waals surface area contributed by atoms with Crippen molar-refractivity contribution in [2.45, 2.75) is 0 Å². The molecule has 0 bridgehead atoms. The predicted molar refractivity (Wildman–Crippen MR) is 79.0 cm³/mol. The Morgan fingerprint density at radius 3 is 2.62 bits per heavy atom. The van der Waals surface area contributed by atoms with E-state index in [1.165, 1.54) is 16.0 Å². The fraction of sp³-hybridized carbons (Fsp3) is 0.0769. The predicted octanol–water partition coefficient (Wildman–Crippen LogP) is 0.551. The van der Waals surface area contributed by atoms with E-state index < -0.39 is 5.97 Å². The minimum atomic E-state index is -0.586. The van der Waals surface area contributed by atoms with Gasteiger partial charge in [-0.05, 0) is 24.4 Å². The van der Waals surface area contributed by atoms with Gasteiger partial charge in [-0.3, -0.25) is 9.80 Å². The van der Waals surface area contributed by atoms with Gasteiger partial charge in [0.25, 0.3) is 5.91 Å². The number of hydrogen-bond acceptors (Lipinski definition) is 6. The zero-order valence-electron chi connectivity index (χ0n) is 10.9. The molecule has 1 amide bonds. The lowest BCUT2D eigenvalue weighted by molar-refractivity contribution is -0.142. The SMILES string of the molecule is CN1NOC(=O)C1=CC1=NC(=S)N(c2ccccc2)C1=O. The lowest BCUT2D eigenvalue weighted by Crippen LogP contribution is -2.32. The molecule has 0 unspecified atom stereocenters. The molecular formula is C13H10N4O3S. The summed E-state index contributed by atoms with van der Waals surface area (Å²) in [6, 6.07) is 8.95. The van der Waals surface area contributed by atoms with E-state index in [2.05, 4.69) is 15.4 Å². The van der Waals surface area contributed by atoms with Crippen molar-refractivity contribution in [3.63, 3.8) is 0 Å². The van der Waals surface area contributed by atoms with Crippen molar-refractivity contribution in [1.82, 2.24) is 10.6 Å². The van der Waals surface area contributed by atoms with E-state index in [9.17, 15) is 9.59 Å². The van der Waals surface area contributed by atoms with Crippen LogP contribution >= 0.6 is 12.2 Å². The molecule has 2 aliphatic rings. The van der Waals surface area contributed by atoms with Crippen molar-refractivity contribution in [1.29, 1.82) is 0 Å². The van der Waals surface area contributed by atoms with E-state index in [1.807, 2.05) is 6.07 Å². The first-order chi connectivity index (χ1) is 10.1. The van der Waals surface area contributed by atoms with Crippen LogP contribution in [0.3, 0.4) is 0 Å². The van der Waals surface area contributed by atoms with Gasteiger partial charge < -0.3 is 4.84 Å². The first-order valence-electron chi connectivity index (χ1n) is 6.02. The Kier molecular flexibility index (Phi) is 3.24. The lowest BCUT2D eigenvalue weighted by Gasteiger charge is -2.14. The summed E-state index contributed by atoms with van der Waals surface area (Å²) in [7, 11) is 1.59. The van der Waals surface area contributed by atoms with Crippen molar-refractivity contribution >= 4 is 40.6 Å². The number of para-hydroxylation sites is 1. The summed E-state index contributed by atoms with van der Waals surface area (Å²) in [5, 5.41) is 1.49. The molecule has 1 N–H and O–H groups in total. The third-order valence-electron chi connectivity index (χ3n) is 2.96. The highest BCUT2D eigenvalue weighted by Gasteiger charge is 2.33. The average Bonchev–Trinajstić information content (AvgIpc) is 2.94. The van der Waals surface area contributed by atoms with Gasteiger partial charge in [-0.1, -0.05) is 23.8 Å². The summed E-state index contributed by atoms with van der Waals surface area (Å²) in [5.41, 5.74) is 3.26. The van der Waals surface area contributed by atoms with Gasteiger partial charge in [0.05, 0.1) is 5.69 Å². The highest BCUT2D eigenvalue weighted by atomic mass is 32.1. The molecule has 0 aromatic heterocycles. The Labute approximate surface area is 125 Å².